The minimum atomic E-state index is 0.352. The van der Waals surface area contributed by atoms with Crippen LogP contribution in [0.25, 0.3) is 0 Å². The number of hydrogen-bond donors (Lipinski definition) is 1. The van der Waals surface area contributed by atoms with Gasteiger partial charge in [-0.2, -0.15) is 0 Å². The standard InChI is InChI=1S/C15H26N4/c1-11(6-7-16)15-17-12(2)9-14(18-15)13-5-4-8-19(3)10-13/h9,11,13H,4-8,10,16H2,1-3H3. The van der Waals surface area contributed by atoms with Crippen molar-refractivity contribution < 1.29 is 0 Å². The zero-order valence-corrected chi connectivity index (χ0v) is 12.4. The summed E-state index contributed by atoms with van der Waals surface area (Å²) in [5.41, 5.74) is 7.94. The molecule has 1 aromatic rings. The predicted octanol–water partition coefficient (Wildman–Crippen LogP) is 2.05. The van der Waals surface area contributed by atoms with Crippen molar-refractivity contribution in [3.05, 3.63) is 23.3 Å². The number of likely N-dealkylation sites (tertiary alicyclic amines) is 1. The van der Waals surface area contributed by atoms with Gasteiger partial charge in [0.25, 0.3) is 0 Å². The fourth-order valence-corrected chi connectivity index (χ4v) is 2.83. The number of rotatable bonds is 4. The third-order valence-corrected chi connectivity index (χ3v) is 3.97. The predicted molar refractivity (Wildman–Crippen MR) is 78.3 cm³/mol. The van der Waals surface area contributed by atoms with Crippen molar-refractivity contribution in [3.8, 4) is 0 Å². The molecule has 0 aromatic carbocycles. The van der Waals surface area contributed by atoms with Crippen molar-refractivity contribution in [1.82, 2.24) is 14.9 Å². The van der Waals surface area contributed by atoms with Crippen molar-refractivity contribution in [2.45, 2.75) is 44.9 Å². The van der Waals surface area contributed by atoms with E-state index in [9.17, 15) is 0 Å². The Bertz CT molecular complexity index is 419. The number of nitrogens with two attached hydrogens (primary N) is 1. The first-order valence-corrected chi connectivity index (χ1v) is 7.34. The van der Waals surface area contributed by atoms with Gasteiger partial charge in [0.2, 0.25) is 0 Å². The minimum Gasteiger partial charge on any atom is -0.330 e. The van der Waals surface area contributed by atoms with Gasteiger partial charge in [0.1, 0.15) is 5.82 Å². The molecule has 2 N–H and O–H groups in total. The lowest BCUT2D eigenvalue weighted by Crippen LogP contribution is -2.31. The molecule has 2 rings (SSSR count). The average molecular weight is 262 g/mol. The molecule has 0 spiro atoms. The highest BCUT2D eigenvalue weighted by molar-refractivity contribution is 5.17. The van der Waals surface area contributed by atoms with Crippen molar-refractivity contribution in [1.29, 1.82) is 0 Å². The molecule has 1 aliphatic rings. The van der Waals surface area contributed by atoms with Gasteiger partial charge in [-0.3, -0.25) is 0 Å². The average Bonchev–Trinajstić information content (AvgIpc) is 2.38. The molecule has 0 bridgehead atoms. The van der Waals surface area contributed by atoms with Gasteiger partial charge in [-0.15, -0.1) is 0 Å². The first-order chi connectivity index (χ1) is 9.10. The van der Waals surface area contributed by atoms with Crippen LogP contribution >= 0.6 is 0 Å². The van der Waals surface area contributed by atoms with E-state index in [2.05, 4.69) is 36.8 Å². The number of likely N-dealkylation sites (N-methyl/N-ethyl adjacent to an activating group) is 1. The third kappa shape index (κ3) is 3.74. The lowest BCUT2D eigenvalue weighted by molar-refractivity contribution is 0.248. The fourth-order valence-electron chi connectivity index (χ4n) is 2.83. The molecule has 1 fully saturated rings. The van der Waals surface area contributed by atoms with Gasteiger partial charge in [0.15, 0.2) is 0 Å². The molecule has 1 aromatic heterocycles. The van der Waals surface area contributed by atoms with Crippen molar-refractivity contribution in [2.24, 2.45) is 5.73 Å². The summed E-state index contributed by atoms with van der Waals surface area (Å²) in [6, 6.07) is 2.16. The van der Waals surface area contributed by atoms with Crippen LogP contribution in [0.5, 0.6) is 0 Å². The largest absolute Gasteiger partial charge is 0.330 e. The molecule has 2 heterocycles. The van der Waals surface area contributed by atoms with Crippen LogP contribution in [-0.4, -0.2) is 41.5 Å². The van der Waals surface area contributed by atoms with E-state index in [1.165, 1.54) is 25.1 Å². The first-order valence-electron chi connectivity index (χ1n) is 7.34. The van der Waals surface area contributed by atoms with E-state index in [-0.39, 0.29) is 0 Å². The maximum Gasteiger partial charge on any atom is 0.131 e. The lowest BCUT2D eigenvalue weighted by atomic mass is 9.94. The number of aryl methyl sites for hydroxylation is 1. The molecule has 106 valence electrons. The Hall–Kier alpha value is -1.00. The molecule has 0 saturated carbocycles. The van der Waals surface area contributed by atoms with Crippen LogP contribution in [0.3, 0.4) is 0 Å². The molecule has 2 atom stereocenters. The van der Waals surface area contributed by atoms with Gasteiger partial charge in [-0.05, 0) is 52.4 Å². The second-order valence-electron chi connectivity index (χ2n) is 5.87. The summed E-state index contributed by atoms with van der Waals surface area (Å²) in [5.74, 6) is 1.88. The van der Waals surface area contributed by atoms with Gasteiger partial charge in [0, 0.05) is 29.8 Å². The molecule has 0 aliphatic carbocycles. The molecular weight excluding hydrogens is 236 g/mol. The second kappa shape index (κ2) is 6.44. The SMILES string of the molecule is Cc1cc(C2CCCN(C)C2)nc(C(C)CCN)n1. The maximum absolute atomic E-state index is 5.64. The summed E-state index contributed by atoms with van der Waals surface area (Å²) >= 11 is 0. The van der Waals surface area contributed by atoms with Crippen molar-refractivity contribution in [3.63, 3.8) is 0 Å². The Balaban J connectivity index is 2.20. The summed E-state index contributed by atoms with van der Waals surface area (Å²) in [6.07, 6.45) is 3.46. The van der Waals surface area contributed by atoms with Crippen molar-refractivity contribution in [2.75, 3.05) is 26.7 Å². The summed E-state index contributed by atoms with van der Waals surface area (Å²) in [4.78, 5) is 11.8. The van der Waals surface area contributed by atoms with Crippen LogP contribution in [0.2, 0.25) is 0 Å². The van der Waals surface area contributed by atoms with E-state index in [1.54, 1.807) is 0 Å². The van der Waals surface area contributed by atoms with Crippen LogP contribution in [0.1, 0.15) is 55.2 Å². The molecular formula is C15H26N4. The summed E-state index contributed by atoms with van der Waals surface area (Å²) in [7, 11) is 2.19. The number of piperidine rings is 1. The Morgan fingerprint density at radius 3 is 2.95 bits per heavy atom. The molecule has 4 nitrogen and oxygen atoms in total. The quantitative estimate of drug-likeness (QED) is 0.902. The molecule has 19 heavy (non-hydrogen) atoms. The van der Waals surface area contributed by atoms with Crippen LogP contribution in [0.15, 0.2) is 6.07 Å². The van der Waals surface area contributed by atoms with Gasteiger partial charge in [-0.25, -0.2) is 9.97 Å². The number of hydrogen-bond acceptors (Lipinski definition) is 4. The molecule has 2 unspecified atom stereocenters. The van der Waals surface area contributed by atoms with E-state index in [1.807, 2.05) is 0 Å². The summed E-state index contributed by atoms with van der Waals surface area (Å²) < 4.78 is 0. The van der Waals surface area contributed by atoms with E-state index in [0.29, 0.717) is 18.4 Å². The van der Waals surface area contributed by atoms with Crippen LogP contribution in [0, 0.1) is 6.92 Å². The highest BCUT2D eigenvalue weighted by Gasteiger charge is 2.21. The molecule has 1 saturated heterocycles. The molecule has 1 aliphatic heterocycles. The highest BCUT2D eigenvalue weighted by atomic mass is 15.1. The minimum absolute atomic E-state index is 0.352. The van der Waals surface area contributed by atoms with E-state index >= 15 is 0 Å². The highest BCUT2D eigenvalue weighted by Crippen LogP contribution is 2.26. The Labute approximate surface area is 116 Å². The Morgan fingerprint density at radius 2 is 2.26 bits per heavy atom. The van der Waals surface area contributed by atoms with E-state index in [0.717, 1.165) is 24.5 Å². The zero-order valence-electron chi connectivity index (χ0n) is 12.4. The Morgan fingerprint density at radius 1 is 1.47 bits per heavy atom. The maximum atomic E-state index is 5.64. The fraction of sp³-hybridized carbons (Fsp3) is 0.733. The Kier molecular flexibility index (Phi) is 4.88. The van der Waals surface area contributed by atoms with Crippen LogP contribution < -0.4 is 5.73 Å². The molecule has 0 amide bonds. The number of aromatic nitrogens is 2. The van der Waals surface area contributed by atoms with Gasteiger partial charge in [-0.1, -0.05) is 6.92 Å². The summed E-state index contributed by atoms with van der Waals surface area (Å²) in [5, 5.41) is 0. The van der Waals surface area contributed by atoms with Crippen LogP contribution in [0.4, 0.5) is 0 Å². The van der Waals surface area contributed by atoms with E-state index < -0.39 is 0 Å². The molecule has 4 heteroatoms. The van der Waals surface area contributed by atoms with Gasteiger partial charge in [0.05, 0.1) is 0 Å². The molecule has 0 radical (unpaired) electrons. The third-order valence-electron chi connectivity index (χ3n) is 3.97. The van der Waals surface area contributed by atoms with Crippen LogP contribution in [-0.2, 0) is 0 Å². The monoisotopic (exact) mass is 262 g/mol. The first kappa shape index (κ1) is 14.4. The topological polar surface area (TPSA) is 55.0 Å². The zero-order chi connectivity index (χ0) is 13.8. The van der Waals surface area contributed by atoms with E-state index in [4.69, 9.17) is 10.7 Å². The normalized spacial score (nSPS) is 22.4. The smallest absolute Gasteiger partial charge is 0.131 e. The van der Waals surface area contributed by atoms with Gasteiger partial charge >= 0.3 is 0 Å². The number of nitrogens with zero attached hydrogens (tertiary/aromatic N) is 3. The second-order valence-corrected chi connectivity index (χ2v) is 5.87. The van der Waals surface area contributed by atoms with Crippen molar-refractivity contribution >= 4 is 0 Å². The van der Waals surface area contributed by atoms with Gasteiger partial charge < -0.3 is 10.6 Å². The summed E-state index contributed by atoms with van der Waals surface area (Å²) in [6.45, 7) is 7.24. The lowest BCUT2D eigenvalue weighted by Gasteiger charge is -2.29.